The summed E-state index contributed by atoms with van der Waals surface area (Å²) in [7, 11) is 1.53. The Labute approximate surface area is 183 Å². The average molecular weight is 436 g/mol. The molecule has 3 aromatic heterocycles. The first-order valence-corrected chi connectivity index (χ1v) is 10.1. The van der Waals surface area contributed by atoms with Gasteiger partial charge in [0.25, 0.3) is 5.56 Å². The Kier molecular flexibility index (Phi) is 6.04. The number of hydrogen-bond donors (Lipinski definition) is 3. The van der Waals surface area contributed by atoms with E-state index in [9.17, 15) is 14.7 Å². The minimum atomic E-state index is -0.927. The van der Waals surface area contributed by atoms with Crippen LogP contribution in [0.1, 0.15) is 11.1 Å². The third kappa shape index (κ3) is 4.54. The van der Waals surface area contributed by atoms with E-state index in [1.165, 1.54) is 11.6 Å². The number of benzene rings is 1. The molecule has 0 saturated carbocycles. The molecule has 0 amide bonds. The number of imidazole rings is 1. The zero-order valence-electron chi connectivity index (χ0n) is 17.8. The lowest BCUT2D eigenvalue weighted by Gasteiger charge is -2.16. The van der Waals surface area contributed by atoms with Crippen LogP contribution in [0.15, 0.2) is 58.4 Å². The number of fused-ring (bicyclic) bond motifs is 1. The van der Waals surface area contributed by atoms with Crippen LogP contribution in [0, 0.1) is 6.92 Å². The van der Waals surface area contributed by atoms with Gasteiger partial charge in [-0.1, -0.05) is 18.2 Å². The van der Waals surface area contributed by atoms with Crippen molar-refractivity contribution in [3.8, 4) is 5.75 Å². The molecule has 0 aliphatic rings. The van der Waals surface area contributed by atoms with E-state index in [2.05, 4.69) is 20.3 Å². The normalized spacial score (nSPS) is 12.1. The summed E-state index contributed by atoms with van der Waals surface area (Å²) < 4.78 is 8.52. The smallest absolute Gasteiger partial charge is 0.329 e. The molecule has 4 aromatic rings. The number of aryl methyl sites for hydroxylation is 2. The molecule has 4 rings (SSSR count). The Morgan fingerprint density at radius 2 is 2.09 bits per heavy atom. The number of pyridine rings is 1. The van der Waals surface area contributed by atoms with Gasteiger partial charge in [0, 0.05) is 26.0 Å². The number of anilines is 1. The molecule has 1 atom stereocenters. The summed E-state index contributed by atoms with van der Waals surface area (Å²) in [5, 5.41) is 13.8. The molecule has 32 heavy (non-hydrogen) atoms. The van der Waals surface area contributed by atoms with E-state index in [1.807, 2.05) is 43.3 Å². The molecular formula is C22H24N6O4. The number of ether oxygens (including phenoxy) is 1. The molecule has 3 N–H and O–H groups in total. The van der Waals surface area contributed by atoms with Crippen molar-refractivity contribution in [1.82, 2.24) is 24.1 Å². The minimum Gasteiger partial charge on any atom is -0.491 e. The lowest BCUT2D eigenvalue weighted by atomic mass is 10.2. The maximum Gasteiger partial charge on any atom is 0.329 e. The summed E-state index contributed by atoms with van der Waals surface area (Å²) in [5.41, 5.74) is 1.24. The van der Waals surface area contributed by atoms with Crippen molar-refractivity contribution in [3.05, 3.63) is 80.8 Å². The molecule has 0 unspecified atom stereocenters. The molecule has 0 fully saturated rings. The first kappa shape index (κ1) is 21.3. The lowest BCUT2D eigenvalue weighted by molar-refractivity contribution is 0.0938. The van der Waals surface area contributed by atoms with Crippen LogP contribution < -0.4 is 21.3 Å². The minimum absolute atomic E-state index is 0.0227. The molecule has 10 heteroatoms. The summed E-state index contributed by atoms with van der Waals surface area (Å²) >= 11 is 0. The fraction of sp³-hybridized carbons (Fsp3) is 0.273. The van der Waals surface area contributed by atoms with E-state index < -0.39 is 17.4 Å². The zero-order valence-corrected chi connectivity index (χ0v) is 17.8. The number of aliphatic hydroxyl groups is 1. The number of H-pyrrole nitrogens is 1. The predicted octanol–water partition coefficient (Wildman–Crippen LogP) is 1.18. The fourth-order valence-electron chi connectivity index (χ4n) is 3.39. The maximum absolute atomic E-state index is 12.6. The number of aliphatic hydroxyl groups excluding tert-OH is 1. The van der Waals surface area contributed by atoms with E-state index in [-0.39, 0.29) is 24.3 Å². The predicted molar refractivity (Wildman–Crippen MR) is 120 cm³/mol. The highest BCUT2D eigenvalue weighted by molar-refractivity contribution is 5.74. The summed E-state index contributed by atoms with van der Waals surface area (Å²) in [6.45, 7) is 2.42. The molecule has 166 valence electrons. The first-order valence-electron chi connectivity index (χ1n) is 10.1. The lowest BCUT2D eigenvalue weighted by Crippen LogP contribution is -2.31. The SMILES string of the molecule is Cc1cccc(OC[C@H](O)Cn2c(NCc3cccnc3)nc3c2c(=O)[nH]c(=O)n3C)c1. The van der Waals surface area contributed by atoms with Crippen LogP contribution in [0.25, 0.3) is 11.2 Å². The monoisotopic (exact) mass is 436 g/mol. The highest BCUT2D eigenvalue weighted by Gasteiger charge is 2.20. The van der Waals surface area contributed by atoms with Crippen LogP contribution in [0.3, 0.4) is 0 Å². The topological polar surface area (TPSA) is 127 Å². The molecule has 3 heterocycles. The van der Waals surface area contributed by atoms with Gasteiger partial charge in [0.05, 0.1) is 6.54 Å². The van der Waals surface area contributed by atoms with Crippen LogP contribution in [0.5, 0.6) is 5.75 Å². The van der Waals surface area contributed by atoms with Gasteiger partial charge in [-0.3, -0.25) is 19.3 Å². The van der Waals surface area contributed by atoms with Crippen molar-refractivity contribution in [2.24, 2.45) is 7.05 Å². The van der Waals surface area contributed by atoms with Crippen LogP contribution in [-0.2, 0) is 20.1 Å². The second-order valence-corrected chi connectivity index (χ2v) is 7.53. The number of rotatable bonds is 8. The second-order valence-electron chi connectivity index (χ2n) is 7.53. The number of nitrogens with zero attached hydrogens (tertiary/aromatic N) is 4. The van der Waals surface area contributed by atoms with Gasteiger partial charge in [0.15, 0.2) is 11.2 Å². The number of nitrogens with one attached hydrogen (secondary N) is 2. The Hall–Kier alpha value is -3.92. The Balaban J connectivity index is 1.62. The van der Waals surface area contributed by atoms with E-state index in [0.29, 0.717) is 18.2 Å². The van der Waals surface area contributed by atoms with Crippen LogP contribution in [0.4, 0.5) is 5.95 Å². The van der Waals surface area contributed by atoms with Crippen LogP contribution in [0.2, 0.25) is 0 Å². The largest absolute Gasteiger partial charge is 0.491 e. The van der Waals surface area contributed by atoms with Crippen molar-refractivity contribution in [2.75, 3.05) is 11.9 Å². The van der Waals surface area contributed by atoms with Gasteiger partial charge < -0.3 is 19.7 Å². The van der Waals surface area contributed by atoms with E-state index in [1.54, 1.807) is 17.0 Å². The standard InChI is InChI=1S/C22H24N6O4/c1-14-5-3-7-17(9-14)32-13-16(29)12-28-18-19(27(2)22(31)26-20(18)30)25-21(28)24-11-15-6-4-8-23-10-15/h3-10,16,29H,11-13H2,1-2H3,(H,24,25)(H,26,30,31)/t16-/m1/s1. The molecule has 0 radical (unpaired) electrons. The van der Waals surface area contributed by atoms with Gasteiger partial charge in [0.1, 0.15) is 18.5 Å². The van der Waals surface area contributed by atoms with Crippen LogP contribution in [-0.4, -0.2) is 41.9 Å². The Morgan fingerprint density at radius 3 is 2.84 bits per heavy atom. The summed E-state index contributed by atoms with van der Waals surface area (Å²) in [6.07, 6.45) is 2.47. The molecule has 0 bridgehead atoms. The molecule has 10 nitrogen and oxygen atoms in total. The summed E-state index contributed by atoms with van der Waals surface area (Å²) in [5.74, 6) is 1.000. The summed E-state index contributed by atoms with van der Waals surface area (Å²) in [4.78, 5) is 35.4. The first-order chi connectivity index (χ1) is 15.4. The fourth-order valence-corrected chi connectivity index (χ4v) is 3.39. The molecule has 0 aliphatic heterocycles. The van der Waals surface area contributed by atoms with E-state index >= 15 is 0 Å². The molecule has 1 aromatic carbocycles. The van der Waals surface area contributed by atoms with Crippen molar-refractivity contribution in [3.63, 3.8) is 0 Å². The highest BCUT2D eigenvalue weighted by Crippen LogP contribution is 2.18. The maximum atomic E-state index is 12.6. The highest BCUT2D eigenvalue weighted by atomic mass is 16.5. The Morgan fingerprint density at radius 1 is 1.25 bits per heavy atom. The van der Waals surface area contributed by atoms with E-state index in [4.69, 9.17) is 4.74 Å². The average Bonchev–Trinajstić information content (AvgIpc) is 3.14. The van der Waals surface area contributed by atoms with Gasteiger partial charge in [-0.15, -0.1) is 0 Å². The van der Waals surface area contributed by atoms with Gasteiger partial charge in [-0.2, -0.15) is 4.98 Å². The second kappa shape index (κ2) is 9.06. The van der Waals surface area contributed by atoms with Crippen molar-refractivity contribution < 1.29 is 9.84 Å². The van der Waals surface area contributed by atoms with Crippen molar-refractivity contribution in [1.29, 1.82) is 0 Å². The van der Waals surface area contributed by atoms with Gasteiger partial charge in [-0.25, -0.2) is 4.79 Å². The number of aromatic amines is 1. The third-order valence-electron chi connectivity index (χ3n) is 5.01. The van der Waals surface area contributed by atoms with Gasteiger partial charge >= 0.3 is 5.69 Å². The number of hydrogen-bond acceptors (Lipinski definition) is 7. The molecular weight excluding hydrogens is 412 g/mol. The molecule has 0 aliphatic carbocycles. The Bertz CT molecular complexity index is 1340. The van der Waals surface area contributed by atoms with Gasteiger partial charge in [-0.05, 0) is 36.2 Å². The van der Waals surface area contributed by atoms with Crippen molar-refractivity contribution in [2.45, 2.75) is 26.1 Å². The van der Waals surface area contributed by atoms with Crippen LogP contribution >= 0.6 is 0 Å². The quantitative estimate of drug-likeness (QED) is 0.378. The van der Waals surface area contributed by atoms with Gasteiger partial charge in [0.2, 0.25) is 5.95 Å². The third-order valence-corrected chi connectivity index (χ3v) is 5.01. The molecule has 0 saturated heterocycles. The van der Waals surface area contributed by atoms with Crippen molar-refractivity contribution >= 4 is 17.1 Å². The number of aromatic nitrogens is 5. The van der Waals surface area contributed by atoms with E-state index in [0.717, 1.165) is 11.1 Å². The zero-order chi connectivity index (χ0) is 22.7. The molecule has 0 spiro atoms. The summed E-state index contributed by atoms with van der Waals surface area (Å²) in [6, 6.07) is 11.2.